The van der Waals surface area contributed by atoms with Crippen molar-refractivity contribution < 1.29 is 13.9 Å². The van der Waals surface area contributed by atoms with Crippen molar-refractivity contribution in [2.45, 2.75) is 40.3 Å². The van der Waals surface area contributed by atoms with Crippen LogP contribution in [0.3, 0.4) is 0 Å². The Hall–Kier alpha value is -3.00. The summed E-state index contributed by atoms with van der Waals surface area (Å²) in [6.07, 6.45) is 2.34. The molecule has 0 unspecified atom stereocenters. The molecule has 8 heteroatoms. The van der Waals surface area contributed by atoms with Gasteiger partial charge >= 0.3 is 0 Å². The van der Waals surface area contributed by atoms with Crippen LogP contribution in [0.4, 0.5) is 4.39 Å². The minimum atomic E-state index is -0.296. The molecule has 0 atom stereocenters. The van der Waals surface area contributed by atoms with Gasteiger partial charge in [0.05, 0.1) is 11.6 Å². The predicted molar refractivity (Wildman–Crippen MR) is 113 cm³/mol. The first-order valence-corrected chi connectivity index (χ1v) is 10.1. The Morgan fingerprint density at radius 1 is 1.20 bits per heavy atom. The quantitative estimate of drug-likeness (QED) is 0.546. The predicted octanol–water partition coefficient (Wildman–Crippen LogP) is 2.55. The molecule has 1 aromatic carbocycles. The van der Waals surface area contributed by atoms with Crippen molar-refractivity contribution in [2.75, 3.05) is 19.8 Å². The topological polar surface area (TPSA) is 78.2 Å². The number of halogens is 1. The fraction of sp³-hybridized carbons (Fsp3) is 0.409. The number of aryl methyl sites for hydroxylation is 2. The molecule has 0 saturated heterocycles. The highest BCUT2D eigenvalue weighted by atomic mass is 19.1. The highest BCUT2D eigenvalue weighted by molar-refractivity contribution is 5.87. The van der Waals surface area contributed by atoms with Gasteiger partial charge in [-0.3, -0.25) is 9.59 Å². The first-order valence-electron chi connectivity index (χ1n) is 10.1. The van der Waals surface area contributed by atoms with Crippen LogP contribution in [-0.4, -0.2) is 40.0 Å². The molecule has 160 valence electrons. The largest absolute Gasteiger partial charge is 0.382 e. The third-order valence-electron chi connectivity index (χ3n) is 5.14. The van der Waals surface area contributed by atoms with Gasteiger partial charge in [0.1, 0.15) is 12.4 Å². The number of ether oxygens (including phenoxy) is 1. The van der Waals surface area contributed by atoms with E-state index in [1.807, 2.05) is 25.3 Å². The first-order chi connectivity index (χ1) is 14.4. The van der Waals surface area contributed by atoms with E-state index in [1.165, 1.54) is 16.8 Å². The first kappa shape index (κ1) is 21.7. The smallest absolute Gasteiger partial charge is 0.276 e. The van der Waals surface area contributed by atoms with Gasteiger partial charge in [-0.1, -0.05) is 12.1 Å². The van der Waals surface area contributed by atoms with Gasteiger partial charge in [0, 0.05) is 43.1 Å². The molecule has 3 aromatic rings. The maximum atomic E-state index is 13.2. The minimum Gasteiger partial charge on any atom is -0.382 e. The van der Waals surface area contributed by atoms with Crippen molar-refractivity contribution in [2.24, 2.45) is 0 Å². The van der Waals surface area contributed by atoms with Crippen LogP contribution in [0.2, 0.25) is 0 Å². The number of fused-ring (bicyclic) bond motifs is 1. The Balaban J connectivity index is 1.80. The van der Waals surface area contributed by atoms with Gasteiger partial charge in [-0.2, -0.15) is 5.10 Å². The second-order valence-electron chi connectivity index (χ2n) is 7.18. The van der Waals surface area contributed by atoms with Gasteiger partial charge in [-0.05, 0) is 44.9 Å². The van der Waals surface area contributed by atoms with Crippen LogP contribution >= 0.6 is 0 Å². The SMILES string of the molecule is CCOCCCNC(=O)Cn1ncc2c(C)n(Cc3ccc(F)cc3)c(C)c2c1=O. The van der Waals surface area contributed by atoms with E-state index in [4.69, 9.17) is 4.74 Å². The third-order valence-corrected chi connectivity index (χ3v) is 5.14. The maximum Gasteiger partial charge on any atom is 0.276 e. The zero-order valence-electron chi connectivity index (χ0n) is 17.6. The molecule has 0 bridgehead atoms. The summed E-state index contributed by atoms with van der Waals surface area (Å²) in [5.74, 6) is -0.548. The van der Waals surface area contributed by atoms with Gasteiger partial charge in [-0.15, -0.1) is 0 Å². The lowest BCUT2D eigenvalue weighted by molar-refractivity contribution is -0.121. The molecule has 0 aliphatic carbocycles. The molecule has 1 N–H and O–H groups in total. The maximum absolute atomic E-state index is 13.2. The Morgan fingerprint density at radius 2 is 1.93 bits per heavy atom. The van der Waals surface area contributed by atoms with E-state index in [9.17, 15) is 14.0 Å². The molecule has 0 aliphatic rings. The number of amides is 1. The normalized spacial score (nSPS) is 11.2. The van der Waals surface area contributed by atoms with E-state index < -0.39 is 0 Å². The molecule has 2 heterocycles. The zero-order chi connectivity index (χ0) is 21.7. The summed E-state index contributed by atoms with van der Waals surface area (Å²) in [4.78, 5) is 25.2. The van der Waals surface area contributed by atoms with Crippen LogP contribution in [0, 0.1) is 19.7 Å². The molecule has 30 heavy (non-hydrogen) atoms. The summed E-state index contributed by atoms with van der Waals surface area (Å²) in [6.45, 7) is 7.82. The third kappa shape index (κ3) is 4.76. The molecule has 0 aliphatic heterocycles. The van der Waals surface area contributed by atoms with Crippen LogP contribution in [-0.2, 0) is 22.6 Å². The molecule has 0 spiro atoms. The van der Waals surface area contributed by atoms with Crippen LogP contribution < -0.4 is 10.9 Å². The van der Waals surface area contributed by atoms with E-state index in [1.54, 1.807) is 18.3 Å². The van der Waals surface area contributed by atoms with Gasteiger partial charge < -0.3 is 14.6 Å². The summed E-state index contributed by atoms with van der Waals surface area (Å²) in [5.41, 5.74) is 2.34. The highest BCUT2D eigenvalue weighted by Gasteiger charge is 2.17. The summed E-state index contributed by atoms with van der Waals surface area (Å²) < 4.78 is 21.6. The van der Waals surface area contributed by atoms with Crippen LogP contribution in [0.1, 0.15) is 30.3 Å². The Morgan fingerprint density at radius 3 is 2.63 bits per heavy atom. The van der Waals surface area contributed by atoms with Crippen LogP contribution in [0.25, 0.3) is 10.8 Å². The van der Waals surface area contributed by atoms with Gasteiger partial charge in [-0.25, -0.2) is 9.07 Å². The summed E-state index contributed by atoms with van der Waals surface area (Å²) >= 11 is 0. The number of carbonyl (C=O) groups excluding carboxylic acids is 1. The van der Waals surface area contributed by atoms with E-state index in [0.29, 0.717) is 38.1 Å². The molecule has 2 aromatic heterocycles. The van der Waals surface area contributed by atoms with Crippen molar-refractivity contribution in [3.8, 4) is 0 Å². The standard InChI is InChI=1S/C22H27FN4O3/c1-4-30-11-5-10-24-20(28)14-27-22(29)21-16(3)26(15(2)19(21)12-25-27)13-17-6-8-18(23)9-7-17/h6-9,12H,4-5,10-11,13-14H2,1-3H3,(H,24,28). The Labute approximate surface area is 174 Å². The number of nitrogens with zero attached hydrogens (tertiary/aromatic N) is 3. The second-order valence-corrected chi connectivity index (χ2v) is 7.18. The molecule has 1 amide bonds. The average molecular weight is 414 g/mol. The Bertz CT molecular complexity index is 1090. The van der Waals surface area contributed by atoms with Gasteiger partial charge in [0.15, 0.2) is 0 Å². The molecule has 0 radical (unpaired) electrons. The number of rotatable bonds is 9. The number of carbonyl (C=O) groups is 1. The van der Waals surface area contributed by atoms with Crippen molar-refractivity contribution in [3.05, 3.63) is 63.6 Å². The number of benzene rings is 1. The number of hydrogen-bond donors (Lipinski definition) is 1. The molecular weight excluding hydrogens is 387 g/mol. The molecule has 0 saturated carbocycles. The lowest BCUT2D eigenvalue weighted by atomic mass is 10.2. The molecular formula is C22H27FN4O3. The van der Waals surface area contributed by atoms with Crippen LogP contribution in [0.15, 0.2) is 35.3 Å². The van der Waals surface area contributed by atoms with E-state index in [0.717, 1.165) is 22.3 Å². The van der Waals surface area contributed by atoms with E-state index in [-0.39, 0.29) is 23.8 Å². The van der Waals surface area contributed by atoms with E-state index in [2.05, 4.69) is 10.4 Å². The lowest BCUT2D eigenvalue weighted by Crippen LogP contribution is -2.34. The number of aromatic nitrogens is 3. The fourth-order valence-electron chi connectivity index (χ4n) is 3.51. The zero-order valence-corrected chi connectivity index (χ0v) is 17.6. The van der Waals surface area contributed by atoms with E-state index >= 15 is 0 Å². The van der Waals surface area contributed by atoms with Gasteiger partial charge in [0.25, 0.3) is 5.56 Å². The summed E-state index contributed by atoms with van der Waals surface area (Å²) in [5, 5.41) is 8.28. The molecule has 0 fully saturated rings. The minimum absolute atomic E-state index is 0.134. The van der Waals surface area contributed by atoms with Crippen molar-refractivity contribution in [1.29, 1.82) is 0 Å². The summed E-state index contributed by atoms with van der Waals surface area (Å²) in [6, 6.07) is 6.30. The number of hydrogen-bond acceptors (Lipinski definition) is 4. The van der Waals surface area contributed by atoms with Crippen molar-refractivity contribution in [1.82, 2.24) is 19.7 Å². The van der Waals surface area contributed by atoms with Crippen LogP contribution in [0.5, 0.6) is 0 Å². The van der Waals surface area contributed by atoms with Crippen molar-refractivity contribution in [3.63, 3.8) is 0 Å². The molecule has 3 rings (SSSR count). The molecule has 7 nitrogen and oxygen atoms in total. The Kier molecular flexibility index (Phi) is 6.99. The van der Waals surface area contributed by atoms with Gasteiger partial charge in [0.2, 0.25) is 5.91 Å². The monoisotopic (exact) mass is 414 g/mol. The second kappa shape index (κ2) is 9.67. The average Bonchev–Trinajstić information content (AvgIpc) is 2.96. The van der Waals surface area contributed by atoms with Crippen molar-refractivity contribution >= 4 is 16.7 Å². The fourth-order valence-corrected chi connectivity index (χ4v) is 3.51. The lowest BCUT2D eigenvalue weighted by Gasteiger charge is -2.09. The number of nitrogens with one attached hydrogen (secondary N) is 1. The summed E-state index contributed by atoms with van der Waals surface area (Å²) in [7, 11) is 0. The highest BCUT2D eigenvalue weighted by Crippen LogP contribution is 2.23.